The summed E-state index contributed by atoms with van der Waals surface area (Å²) in [5, 5.41) is 7.09. The molecule has 2 fully saturated rings. The van der Waals surface area contributed by atoms with Gasteiger partial charge in [0.1, 0.15) is 6.29 Å². The maximum atomic E-state index is 10.8. The van der Waals surface area contributed by atoms with Gasteiger partial charge in [0.25, 0.3) is 0 Å². The third-order valence-corrected chi connectivity index (χ3v) is 5.39. The van der Waals surface area contributed by atoms with Crippen LogP contribution in [0.1, 0.15) is 30.4 Å². The van der Waals surface area contributed by atoms with E-state index in [0.717, 1.165) is 52.0 Å². The van der Waals surface area contributed by atoms with Gasteiger partial charge in [-0.15, -0.1) is 0 Å². The Morgan fingerprint density at radius 1 is 1.16 bits per heavy atom. The molecule has 5 nitrogen and oxygen atoms in total. The number of hydrogen-bond donors (Lipinski definition) is 2. The lowest BCUT2D eigenvalue weighted by Gasteiger charge is -2.32. The summed E-state index contributed by atoms with van der Waals surface area (Å²) in [5.74, 6) is 0. The Balaban J connectivity index is 1.72. The highest BCUT2D eigenvalue weighted by Gasteiger charge is 2.16. The molecule has 2 N–H and O–H groups in total. The second-order valence-corrected chi connectivity index (χ2v) is 7.21. The van der Waals surface area contributed by atoms with Gasteiger partial charge >= 0.3 is 0 Å². The Labute approximate surface area is 151 Å². The standard InChI is InChI=1S/C20H32N4O/c1-17-19(22-8-11-23-9-2-3-10-23)15-18(5-4-14-25)16-20(17)24-12-6-21-7-13-24/h14-16,21-22H,2-13H2,1H3. The van der Waals surface area contributed by atoms with Gasteiger partial charge in [0.15, 0.2) is 0 Å². The van der Waals surface area contributed by atoms with Crippen LogP contribution in [-0.4, -0.2) is 63.5 Å². The van der Waals surface area contributed by atoms with E-state index in [1.165, 1.54) is 48.4 Å². The van der Waals surface area contributed by atoms with Gasteiger partial charge in [-0.3, -0.25) is 0 Å². The van der Waals surface area contributed by atoms with E-state index in [-0.39, 0.29) is 0 Å². The lowest BCUT2D eigenvalue weighted by molar-refractivity contribution is -0.107. The number of aryl methyl sites for hydroxylation is 1. The maximum Gasteiger partial charge on any atom is 0.120 e. The van der Waals surface area contributed by atoms with Gasteiger partial charge in [-0.2, -0.15) is 0 Å². The van der Waals surface area contributed by atoms with E-state index in [2.05, 4.69) is 39.5 Å². The first-order chi connectivity index (χ1) is 12.3. The summed E-state index contributed by atoms with van der Waals surface area (Å²) in [5.41, 5.74) is 5.15. The van der Waals surface area contributed by atoms with Crippen LogP contribution < -0.4 is 15.5 Å². The number of likely N-dealkylation sites (tertiary alicyclic amines) is 1. The number of hydrogen-bond acceptors (Lipinski definition) is 5. The SMILES string of the molecule is Cc1c(NCCN2CCCC2)cc(CCC=O)cc1N1CCNCC1. The minimum Gasteiger partial charge on any atom is -0.383 e. The molecule has 0 bridgehead atoms. The molecular weight excluding hydrogens is 312 g/mol. The number of anilines is 2. The summed E-state index contributed by atoms with van der Waals surface area (Å²) < 4.78 is 0. The lowest BCUT2D eigenvalue weighted by atomic mass is 10.0. The Hall–Kier alpha value is -1.59. The van der Waals surface area contributed by atoms with Gasteiger partial charge in [-0.1, -0.05) is 0 Å². The van der Waals surface area contributed by atoms with Crippen molar-refractivity contribution >= 4 is 17.7 Å². The molecule has 1 aromatic carbocycles. The molecule has 2 aliphatic heterocycles. The number of piperazine rings is 1. The van der Waals surface area contributed by atoms with Crippen LogP contribution in [0.5, 0.6) is 0 Å². The van der Waals surface area contributed by atoms with Crippen LogP contribution in [0.2, 0.25) is 0 Å². The van der Waals surface area contributed by atoms with Crippen molar-refractivity contribution in [2.45, 2.75) is 32.6 Å². The molecule has 0 aromatic heterocycles. The predicted molar refractivity (Wildman–Crippen MR) is 105 cm³/mol. The quantitative estimate of drug-likeness (QED) is 0.707. The van der Waals surface area contributed by atoms with E-state index < -0.39 is 0 Å². The Morgan fingerprint density at radius 3 is 2.64 bits per heavy atom. The smallest absolute Gasteiger partial charge is 0.120 e. The van der Waals surface area contributed by atoms with Crippen LogP contribution in [-0.2, 0) is 11.2 Å². The van der Waals surface area contributed by atoms with E-state index in [4.69, 9.17) is 0 Å². The second-order valence-electron chi connectivity index (χ2n) is 7.21. The molecule has 0 radical (unpaired) electrons. The molecule has 3 rings (SSSR count). The first-order valence-electron chi connectivity index (χ1n) is 9.77. The molecule has 0 spiro atoms. The van der Waals surface area contributed by atoms with E-state index in [1.54, 1.807) is 0 Å². The monoisotopic (exact) mass is 344 g/mol. The second kappa shape index (κ2) is 9.20. The highest BCUT2D eigenvalue weighted by molar-refractivity contribution is 5.68. The lowest BCUT2D eigenvalue weighted by Crippen LogP contribution is -2.43. The molecule has 0 saturated carbocycles. The zero-order valence-electron chi connectivity index (χ0n) is 15.5. The maximum absolute atomic E-state index is 10.8. The third-order valence-electron chi connectivity index (χ3n) is 5.39. The summed E-state index contributed by atoms with van der Waals surface area (Å²) in [7, 11) is 0. The number of rotatable bonds is 8. The normalized spacial score (nSPS) is 18.5. The minimum atomic E-state index is 0.595. The van der Waals surface area contributed by atoms with Crippen molar-refractivity contribution in [2.75, 3.05) is 62.6 Å². The first-order valence-corrected chi connectivity index (χ1v) is 9.77. The summed E-state index contributed by atoms with van der Waals surface area (Å²) >= 11 is 0. The molecule has 0 aliphatic carbocycles. The van der Waals surface area contributed by atoms with Gasteiger partial charge in [0, 0.05) is 57.1 Å². The van der Waals surface area contributed by atoms with Gasteiger partial charge in [0.2, 0.25) is 0 Å². The van der Waals surface area contributed by atoms with Crippen molar-refractivity contribution in [3.05, 3.63) is 23.3 Å². The van der Waals surface area contributed by atoms with Gasteiger partial charge in [-0.25, -0.2) is 0 Å². The zero-order valence-corrected chi connectivity index (χ0v) is 15.5. The molecular formula is C20H32N4O. The van der Waals surface area contributed by atoms with Crippen molar-refractivity contribution in [3.8, 4) is 0 Å². The fourth-order valence-electron chi connectivity index (χ4n) is 3.90. The van der Waals surface area contributed by atoms with E-state index in [1.807, 2.05) is 0 Å². The molecule has 2 aliphatic rings. The van der Waals surface area contributed by atoms with Crippen LogP contribution in [0.3, 0.4) is 0 Å². The highest BCUT2D eigenvalue weighted by atomic mass is 16.1. The van der Waals surface area contributed by atoms with Crippen LogP contribution in [0.25, 0.3) is 0 Å². The molecule has 2 saturated heterocycles. The van der Waals surface area contributed by atoms with Crippen molar-refractivity contribution in [1.29, 1.82) is 0 Å². The average Bonchev–Trinajstić information content (AvgIpc) is 3.16. The molecule has 5 heteroatoms. The fourth-order valence-corrected chi connectivity index (χ4v) is 3.90. The molecule has 0 unspecified atom stereocenters. The van der Waals surface area contributed by atoms with E-state index >= 15 is 0 Å². The van der Waals surface area contributed by atoms with Gasteiger partial charge in [0.05, 0.1) is 0 Å². The number of nitrogens with one attached hydrogen (secondary N) is 2. The van der Waals surface area contributed by atoms with E-state index in [9.17, 15) is 4.79 Å². The largest absolute Gasteiger partial charge is 0.383 e. The van der Waals surface area contributed by atoms with Crippen LogP contribution in [0.4, 0.5) is 11.4 Å². The number of aldehydes is 1. The average molecular weight is 345 g/mol. The Bertz CT molecular complexity index is 563. The summed E-state index contributed by atoms with van der Waals surface area (Å²) in [4.78, 5) is 15.8. The number of carbonyl (C=O) groups is 1. The van der Waals surface area contributed by atoms with Gasteiger partial charge in [-0.05, 0) is 62.5 Å². The fraction of sp³-hybridized carbons (Fsp3) is 0.650. The van der Waals surface area contributed by atoms with E-state index in [0.29, 0.717) is 6.42 Å². The molecule has 2 heterocycles. The Morgan fingerprint density at radius 2 is 1.92 bits per heavy atom. The summed E-state index contributed by atoms with van der Waals surface area (Å²) in [6, 6.07) is 4.53. The molecule has 0 amide bonds. The number of benzene rings is 1. The van der Waals surface area contributed by atoms with Crippen LogP contribution in [0, 0.1) is 6.92 Å². The summed E-state index contributed by atoms with van der Waals surface area (Å²) in [6.07, 6.45) is 5.12. The summed E-state index contributed by atoms with van der Waals surface area (Å²) in [6.45, 7) is 11.0. The zero-order chi connectivity index (χ0) is 17.5. The molecule has 25 heavy (non-hydrogen) atoms. The minimum absolute atomic E-state index is 0.595. The predicted octanol–water partition coefficient (Wildman–Crippen LogP) is 2.04. The third kappa shape index (κ3) is 4.95. The Kier molecular flexibility index (Phi) is 6.70. The van der Waals surface area contributed by atoms with Crippen LogP contribution in [0.15, 0.2) is 12.1 Å². The highest BCUT2D eigenvalue weighted by Crippen LogP contribution is 2.30. The first kappa shape index (κ1) is 18.2. The number of nitrogens with zero attached hydrogens (tertiary/aromatic N) is 2. The number of carbonyl (C=O) groups excluding carboxylic acids is 1. The van der Waals surface area contributed by atoms with Crippen LogP contribution >= 0.6 is 0 Å². The van der Waals surface area contributed by atoms with Crippen molar-refractivity contribution in [2.24, 2.45) is 0 Å². The van der Waals surface area contributed by atoms with Crippen molar-refractivity contribution in [3.63, 3.8) is 0 Å². The van der Waals surface area contributed by atoms with Gasteiger partial charge < -0.3 is 25.2 Å². The molecule has 0 atom stereocenters. The molecule has 1 aromatic rings. The molecule has 138 valence electrons. The topological polar surface area (TPSA) is 47.6 Å². The van der Waals surface area contributed by atoms with Crippen molar-refractivity contribution < 1.29 is 4.79 Å². The van der Waals surface area contributed by atoms with Crippen molar-refractivity contribution in [1.82, 2.24) is 10.2 Å².